The van der Waals surface area contributed by atoms with Gasteiger partial charge in [-0.15, -0.1) is 0 Å². The maximum absolute atomic E-state index is 12.8. The van der Waals surface area contributed by atoms with Crippen LogP contribution in [-0.2, 0) is 0 Å². The number of pyridine rings is 1. The number of nitrogens with zero attached hydrogens (tertiary/aromatic N) is 4. The second kappa shape index (κ2) is 8.16. The molecule has 10 nitrogen and oxygen atoms in total. The number of hydrogen-bond acceptors (Lipinski definition) is 6. The zero-order chi connectivity index (χ0) is 22.1. The molecule has 0 amide bonds. The number of imidazole rings is 3. The topological polar surface area (TPSA) is 140 Å². The van der Waals surface area contributed by atoms with Gasteiger partial charge in [-0.25, -0.2) is 15.0 Å². The van der Waals surface area contributed by atoms with Crippen molar-refractivity contribution >= 4 is 16.7 Å². The van der Waals surface area contributed by atoms with Crippen molar-refractivity contribution in [2.45, 2.75) is 19.4 Å². The maximum atomic E-state index is 12.8. The van der Waals surface area contributed by atoms with E-state index in [2.05, 4.69) is 30.2 Å². The van der Waals surface area contributed by atoms with Gasteiger partial charge in [0.25, 0.3) is 5.56 Å². The molecule has 0 fully saturated rings. The Hall–Kier alpha value is -4.18. The zero-order valence-corrected chi connectivity index (χ0v) is 17.3. The van der Waals surface area contributed by atoms with Gasteiger partial charge >= 0.3 is 0 Å². The predicted octanol–water partition coefficient (Wildman–Crippen LogP) is 2.67. The highest BCUT2D eigenvalue weighted by Gasteiger charge is 2.19. The average Bonchev–Trinajstić information content (AvgIpc) is 3.54. The summed E-state index contributed by atoms with van der Waals surface area (Å²) in [6.07, 6.45) is 10.6. The number of aromatic nitrogens is 7. The molecule has 4 heterocycles. The maximum Gasteiger partial charge on any atom is 0.261 e. The molecule has 0 aliphatic heterocycles. The van der Waals surface area contributed by atoms with Crippen LogP contribution in [0.2, 0.25) is 0 Å². The van der Waals surface area contributed by atoms with Gasteiger partial charge in [-0.3, -0.25) is 4.79 Å². The van der Waals surface area contributed by atoms with E-state index in [1.165, 1.54) is 0 Å². The second-order valence-electron chi connectivity index (χ2n) is 7.53. The lowest BCUT2D eigenvalue weighted by Gasteiger charge is -2.19. The summed E-state index contributed by atoms with van der Waals surface area (Å²) in [6, 6.07) is 5.54. The van der Waals surface area contributed by atoms with Crippen LogP contribution in [0.1, 0.15) is 23.7 Å². The quantitative estimate of drug-likeness (QED) is 0.269. The van der Waals surface area contributed by atoms with Gasteiger partial charge in [0.2, 0.25) is 0 Å². The van der Waals surface area contributed by atoms with E-state index < -0.39 is 0 Å². The van der Waals surface area contributed by atoms with Crippen LogP contribution in [0.4, 0.5) is 5.69 Å². The normalized spacial score (nSPS) is 12.3. The van der Waals surface area contributed by atoms with E-state index in [1.807, 2.05) is 29.8 Å². The molecule has 0 unspecified atom stereocenters. The molecular formula is C22H22N8O2. The van der Waals surface area contributed by atoms with Gasteiger partial charge < -0.3 is 29.9 Å². The number of rotatable bonds is 7. The minimum atomic E-state index is -0.270. The molecule has 0 saturated heterocycles. The molecule has 1 atom stereocenters. The molecule has 0 bridgehead atoms. The van der Waals surface area contributed by atoms with E-state index in [1.54, 1.807) is 37.3 Å². The number of H-pyrrole nitrogens is 3. The first-order chi connectivity index (χ1) is 15.6. The molecule has 162 valence electrons. The first-order valence-electron chi connectivity index (χ1n) is 10.2. The third-order valence-corrected chi connectivity index (χ3v) is 5.40. The molecule has 0 saturated carbocycles. The van der Waals surface area contributed by atoms with Crippen molar-refractivity contribution in [3.63, 3.8) is 0 Å². The molecule has 5 rings (SSSR count). The number of fused-ring (bicyclic) bond motifs is 1. The van der Waals surface area contributed by atoms with Crippen LogP contribution in [0.25, 0.3) is 28.1 Å². The minimum Gasteiger partial charge on any atom is -0.396 e. The standard InChI is InChI=1S/C22H22N8O2/c1-13-8-14(30-6-5-23-12-30)9-17-20(13)29-21(28-17)19-16(2-4-25-22(19)32)27-15(3-7-31)18-10-24-11-26-18/h2,4-6,8-12,15,31H,3,7H2,1H3,(H,24,26)(H,28,29)(H2,25,27,32)/t15-/m0/s1. The third-order valence-electron chi connectivity index (χ3n) is 5.40. The number of aliphatic hydroxyl groups excluding tert-OH is 1. The molecule has 0 radical (unpaired) electrons. The van der Waals surface area contributed by atoms with Crippen molar-refractivity contribution in [1.29, 1.82) is 0 Å². The number of aromatic amines is 3. The van der Waals surface area contributed by atoms with Crippen LogP contribution in [0.3, 0.4) is 0 Å². The Morgan fingerprint density at radius 2 is 2.16 bits per heavy atom. The highest BCUT2D eigenvalue weighted by molar-refractivity contribution is 5.86. The van der Waals surface area contributed by atoms with Crippen LogP contribution in [-0.4, -0.2) is 46.2 Å². The van der Waals surface area contributed by atoms with Gasteiger partial charge in [-0.2, -0.15) is 0 Å². The molecule has 0 aliphatic rings. The summed E-state index contributed by atoms with van der Waals surface area (Å²) < 4.78 is 1.92. The second-order valence-corrected chi connectivity index (χ2v) is 7.53. The molecule has 4 aromatic heterocycles. The van der Waals surface area contributed by atoms with E-state index in [9.17, 15) is 9.90 Å². The van der Waals surface area contributed by atoms with Gasteiger partial charge in [0, 0.05) is 30.9 Å². The SMILES string of the molecule is Cc1cc(-n2ccnc2)cc2[nH]c(-c3c(N[C@@H](CCO)c4cnc[nH]4)cc[nH]c3=O)nc12. The number of aryl methyl sites for hydroxylation is 1. The Balaban J connectivity index is 1.59. The van der Waals surface area contributed by atoms with Crippen molar-refractivity contribution in [2.75, 3.05) is 11.9 Å². The molecule has 0 spiro atoms. The largest absolute Gasteiger partial charge is 0.396 e. The summed E-state index contributed by atoms with van der Waals surface area (Å²) in [7, 11) is 0. The average molecular weight is 430 g/mol. The summed E-state index contributed by atoms with van der Waals surface area (Å²) in [5.74, 6) is 0.461. The molecule has 5 N–H and O–H groups in total. The van der Waals surface area contributed by atoms with Crippen molar-refractivity contribution in [2.24, 2.45) is 0 Å². The highest BCUT2D eigenvalue weighted by Crippen LogP contribution is 2.30. The first kappa shape index (κ1) is 19.8. The van der Waals surface area contributed by atoms with Crippen molar-refractivity contribution in [3.05, 3.63) is 77.3 Å². The fourth-order valence-corrected chi connectivity index (χ4v) is 3.86. The van der Waals surface area contributed by atoms with Crippen LogP contribution >= 0.6 is 0 Å². The number of anilines is 1. The lowest BCUT2D eigenvalue weighted by Crippen LogP contribution is -2.17. The third kappa shape index (κ3) is 3.56. The summed E-state index contributed by atoms with van der Waals surface area (Å²) in [5.41, 5.74) is 5.08. The number of benzene rings is 1. The molecule has 10 heteroatoms. The van der Waals surface area contributed by atoms with Crippen LogP contribution in [0.5, 0.6) is 0 Å². The van der Waals surface area contributed by atoms with Gasteiger partial charge in [0.05, 0.1) is 47.3 Å². The van der Waals surface area contributed by atoms with Crippen molar-refractivity contribution in [3.8, 4) is 17.1 Å². The first-order valence-corrected chi connectivity index (χ1v) is 10.2. The summed E-state index contributed by atoms with van der Waals surface area (Å²) >= 11 is 0. The monoisotopic (exact) mass is 430 g/mol. The lowest BCUT2D eigenvalue weighted by atomic mass is 10.1. The Labute approximate surface area is 182 Å². The van der Waals surface area contributed by atoms with E-state index in [-0.39, 0.29) is 18.2 Å². The minimum absolute atomic E-state index is 0.0178. The lowest BCUT2D eigenvalue weighted by molar-refractivity contribution is 0.279. The van der Waals surface area contributed by atoms with Gasteiger partial charge in [0.1, 0.15) is 11.4 Å². The van der Waals surface area contributed by atoms with Gasteiger partial charge in [-0.05, 0) is 37.1 Å². The molecule has 5 aromatic rings. The Morgan fingerprint density at radius 1 is 1.25 bits per heavy atom. The number of aliphatic hydroxyl groups is 1. The summed E-state index contributed by atoms with van der Waals surface area (Å²) in [5, 5.41) is 12.9. The molecular weight excluding hydrogens is 408 g/mol. The summed E-state index contributed by atoms with van der Waals surface area (Å²) in [6.45, 7) is 1.97. The zero-order valence-electron chi connectivity index (χ0n) is 17.3. The fourth-order valence-electron chi connectivity index (χ4n) is 3.86. The van der Waals surface area contributed by atoms with Crippen molar-refractivity contribution in [1.82, 2.24) is 34.5 Å². The van der Waals surface area contributed by atoms with Crippen LogP contribution < -0.4 is 10.9 Å². The Kier molecular flexibility index (Phi) is 5.04. The highest BCUT2D eigenvalue weighted by atomic mass is 16.3. The van der Waals surface area contributed by atoms with Crippen LogP contribution in [0.15, 0.2) is 60.4 Å². The smallest absolute Gasteiger partial charge is 0.261 e. The molecule has 1 aromatic carbocycles. The van der Waals surface area contributed by atoms with E-state index >= 15 is 0 Å². The molecule has 32 heavy (non-hydrogen) atoms. The van der Waals surface area contributed by atoms with Crippen LogP contribution in [0, 0.1) is 6.92 Å². The number of nitrogens with one attached hydrogen (secondary N) is 4. The van der Waals surface area contributed by atoms with Gasteiger partial charge in [-0.1, -0.05) is 0 Å². The van der Waals surface area contributed by atoms with E-state index in [0.717, 1.165) is 28.0 Å². The fraction of sp³-hybridized carbons (Fsp3) is 0.182. The summed E-state index contributed by atoms with van der Waals surface area (Å²) in [4.78, 5) is 34.8. The Morgan fingerprint density at radius 3 is 2.91 bits per heavy atom. The Bertz CT molecular complexity index is 1400. The van der Waals surface area contributed by atoms with E-state index in [4.69, 9.17) is 4.98 Å². The molecule has 0 aliphatic carbocycles. The number of hydrogen-bond donors (Lipinski definition) is 5. The van der Waals surface area contributed by atoms with Crippen molar-refractivity contribution < 1.29 is 5.11 Å². The van der Waals surface area contributed by atoms with Gasteiger partial charge in [0.15, 0.2) is 0 Å². The van der Waals surface area contributed by atoms with E-state index in [0.29, 0.717) is 23.5 Å². The predicted molar refractivity (Wildman–Crippen MR) is 121 cm³/mol.